The molecular formula is C21H18Cl2N4O6S. The lowest BCUT2D eigenvalue weighted by atomic mass is 10.2. The number of nitrogens with one attached hydrogen (secondary N) is 1. The molecule has 1 aliphatic heterocycles. The summed E-state index contributed by atoms with van der Waals surface area (Å²) in [5, 5.41) is 22.4. The number of nitriles is 1. The van der Waals surface area contributed by atoms with Gasteiger partial charge in [-0.2, -0.15) is 5.26 Å². The third-order valence-electron chi connectivity index (χ3n) is 5.79. The first-order chi connectivity index (χ1) is 16.1. The molecule has 0 bridgehead atoms. The monoisotopic (exact) mass is 524 g/mol. The number of ether oxygens (including phenoxy) is 1. The summed E-state index contributed by atoms with van der Waals surface area (Å²) < 4.78 is 32.3. The van der Waals surface area contributed by atoms with Gasteiger partial charge in [0.2, 0.25) is 0 Å². The number of nitro benzene ring substituents is 1. The number of carbonyl (C=O) groups excluding carboxylic acids is 1. The Bertz CT molecular complexity index is 1310. The fourth-order valence-corrected chi connectivity index (χ4v) is 6.29. The lowest BCUT2D eigenvalue weighted by Crippen LogP contribution is -2.41. The van der Waals surface area contributed by atoms with Crippen LogP contribution in [0.2, 0.25) is 10.0 Å². The van der Waals surface area contributed by atoms with Crippen LogP contribution in [0, 0.1) is 21.4 Å². The molecular weight excluding hydrogens is 507 g/mol. The summed E-state index contributed by atoms with van der Waals surface area (Å²) in [6, 6.07) is 11.8. The molecule has 2 aliphatic rings. The number of sulfone groups is 1. The van der Waals surface area contributed by atoms with Crippen molar-refractivity contribution < 1.29 is 22.9 Å². The molecule has 4 rings (SSSR count). The zero-order valence-corrected chi connectivity index (χ0v) is 19.8. The first-order valence-corrected chi connectivity index (χ1v) is 12.5. The van der Waals surface area contributed by atoms with Crippen molar-refractivity contribution in [3.05, 3.63) is 62.6 Å². The van der Waals surface area contributed by atoms with Gasteiger partial charge in [0.05, 0.1) is 26.2 Å². The molecule has 2 atom stereocenters. The Kier molecular flexibility index (Phi) is 6.33. The molecule has 1 amide bonds. The highest BCUT2D eigenvalue weighted by Gasteiger charge is 2.48. The molecule has 13 heteroatoms. The molecule has 1 N–H and O–H groups in total. The second-order valence-corrected chi connectivity index (χ2v) is 11.1. The largest absolute Gasteiger partial charge is 0.425 e. The number of nitro groups is 1. The van der Waals surface area contributed by atoms with E-state index in [1.54, 1.807) is 6.07 Å². The van der Waals surface area contributed by atoms with Gasteiger partial charge in [-0.15, -0.1) is 0 Å². The number of para-hydroxylation sites is 2. The maximum atomic E-state index is 13.4. The lowest BCUT2D eigenvalue weighted by molar-refractivity contribution is -0.384. The van der Waals surface area contributed by atoms with E-state index in [-0.39, 0.29) is 39.3 Å². The van der Waals surface area contributed by atoms with Gasteiger partial charge in [0.1, 0.15) is 11.2 Å². The van der Waals surface area contributed by atoms with E-state index in [4.69, 9.17) is 27.9 Å². The van der Waals surface area contributed by atoms with E-state index < -0.39 is 37.9 Å². The molecule has 10 nitrogen and oxygen atoms in total. The van der Waals surface area contributed by atoms with Crippen molar-refractivity contribution in [2.75, 3.05) is 11.4 Å². The summed E-state index contributed by atoms with van der Waals surface area (Å²) >= 11 is 12.0. The summed E-state index contributed by atoms with van der Waals surface area (Å²) in [5.41, 5.74) is -1.16. The van der Waals surface area contributed by atoms with E-state index in [1.807, 2.05) is 6.07 Å². The van der Waals surface area contributed by atoms with Crippen LogP contribution in [0.1, 0.15) is 19.3 Å². The number of nitrogens with zero attached hydrogens (tertiary/aromatic N) is 3. The zero-order chi connectivity index (χ0) is 24.7. The third-order valence-corrected chi connectivity index (χ3v) is 8.64. The quantitative estimate of drug-likeness (QED) is 0.440. The third kappa shape index (κ3) is 4.61. The maximum Gasteiger partial charge on any atom is 0.410 e. The highest BCUT2D eigenvalue weighted by molar-refractivity contribution is 7.92. The van der Waals surface area contributed by atoms with Gasteiger partial charge in [0.25, 0.3) is 5.69 Å². The van der Waals surface area contributed by atoms with E-state index in [1.165, 1.54) is 41.3 Å². The van der Waals surface area contributed by atoms with E-state index in [2.05, 4.69) is 5.32 Å². The smallest absolute Gasteiger partial charge is 0.410 e. The topological polar surface area (TPSA) is 143 Å². The lowest BCUT2D eigenvalue weighted by Gasteiger charge is -2.26. The predicted molar refractivity (Wildman–Crippen MR) is 123 cm³/mol. The number of hydrogen-bond donors (Lipinski definition) is 1. The van der Waals surface area contributed by atoms with Gasteiger partial charge < -0.3 is 15.0 Å². The van der Waals surface area contributed by atoms with Crippen molar-refractivity contribution in [3.8, 4) is 6.07 Å². The Labute approximate surface area is 205 Å². The summed E-state index contributed by atoms with van der Waals surface area (Å²) in [5.74, 6) is 0. The van der Waals surface area contributed by atoms with Crippen LogP contribution in [0.25, 0.3) is 0 Å². The maximum absolute atomic E-state index is 13.4. The Balaban J connectivity index is 1.67. The second kappa shape index (κ2) is 8.94. The van der Waals surface area contributed by atoms with Gasteiger partial charge in [-0.05, 0) is 37.1 Å². The molecule has 178 valence electrons. The minimum absolute atomic E-state index is 0.0588. The fraction of sp³-hybridized carbons (Fsp3) is 0.333. The molecule has 1 heterocycles. The van der Waals surface area contributed by atoms with E-state index in [9.17, 15) is 28.6 Å². The summed E-state index contributed by atoms with van der Waals surface area (Å²) in [6.45, 7) is -0.187. The van der Waals surface area contributed by atoms with E-state index in [0.29, 0.717) is 12.8 Å². The van der Waals surface area contributed by atoms with Crippen molar-refractivity contribution in [3.63, 3.8) is 0 Å². The molecule has 2 aromatic rings. The average molecular weight is 525 g/mol. The summed E-state index contributed by atoms with van der Waals surface area (Å²) in [4.78, 5) is 24.7. The molecule has 1 saturated carbocycles. The Morgan fingerprint density at radius 3 is 2.59 bits per heavy atom. The molecule has 2 aromatic carbocycles. The van der Waals surface area contributed by atoms with Gasteiger partial charge in [-0.1, -0.05) is 35.3 Å². The predicted octanol–water partition coefficient (Wildman–Crippen LogP) is 4.06. The Hall–Kier alpha value is -3.07. The normalized spacial score (nSPS) is 20.9. The molecule has 2 fully saturated rings. The second-order valence-electron chi connectivity index (χ2n) is 8.05. The van der Waals surface area contributed by atoms with Gasteiger partial charge in [0.15, 0.2) is 16.1 Å². The van der Waals surface area contributed by atoms with Crippen LogP contribution in [0.5, 0.6) is 0 Å². The molecule has 0 unspecified atom stereocenters. The van der Waals surface area contributed by atoms with Crippen molar-refractivity contribution >= 4 is 50.5 Å². The average Bonchev–Trinajstić information content (AvgIpc) is 3.42. The molecule has 0 aromatic heterocycles. The van der Waals surface area contributed by atoms with Crippen LogP contribution < -0.4 is 10.2 Å². The van der Waals surface area contributed by atoms with Crippen LogP contribution in [0.3, 0.4) is 0 Å². The van der Waals surface area contributed by atoms with Crippen LogP contribution in [0.15, 0.2) is 47.4 Å². The number of benzene rings is 2. The summed E-state index contributed by atoms with van der Waals surface area (Å²) in [7, 11) is -4.02. The number of amides is 1. The van der Waals surface area contributed by atoms with Crippen molar-refractivity contribution in [2.45, 2.75) is 41.2 Å². The Morgan fingerprint density at radius 1 is 1.26 bits per heavy atom. The van der Waals surface area contributed by atoms with Gasteiger partial charge in [-0.25, -0.2) is 13.2 Å². The zero-order valence-electron chi connectivity index (χ0n) is 17.5. The van der Waals surface area contributed by atoms with Crippen LogP contribution >= 0.6 is 23.2 Å². The van der Waals surface area contributed by atoms with Crippen molar-refractivity contribution in [2.24, 2.45) is 0 Å². The number of halogens is 2. The molecule has 0 spiro atoms. The number of rotatable bonds is 6. The number of alkyl carbamates (subject to hydrolysis) is 1. The standard InChI is InChI=1S/C21H18Cl2N4O6S/c22-13-5-6-18(15(23)9-13)34(31,32)14-10-19(33-20(28)25-21(12-24)7-8-21)26(11-14)16-3-1-2-4-17(16)27(29)30/h1-6,9,14,19H,7-8,10-11H2,(H,25,28)/t14-,19+/m1/s1. The van der Waals surface area contributed by atoms with E-state index >= 15 is 0 Å². The first-order valence-electron chi connectivity index (χ1n) is 10.2. The number of hydrogen-bond acceptors (Lipinski definition) is 8. The number of anilines is 1. The molecule has 1 aliphatic carbocycles. The van der Waals surface area contributed by atoms with Crippen LogP contribution in [-0.2, 0) is 14.6 Å². The van der Waals surface area contributed by atoms with Crippen LogP contribution in [0.4, 0.5) is 16.2 Å². The fourth-order valence-electron chi connectivity index (χ4n) is 3.84. The molecule has 1 saturated heterocycles. The van der Waals surface area contributed by atoms with Crippen LogP contribution in [-0.4, -0.2) is 43.0 Å². The minimum atomic E-state index is -4.02. The summed E-state index contributed by atoms with van der Waals surface area (Å²) in [6.07, 6.45) is -1.26. The van der Waals surface area contributed by atoms with Crippen molar-refractivity contribution in [1.29, 1.82) is 5.26 Å². The minimum Gasteiger partial charge on any atom is -0.425 e. The SMILES string of the molecule is N#CC1(NC(=O)O[C@H]2C[C@@H](S(=O)(=O)c3ccc(Cl)cc3Cl)CN2c2ccccc2[N+](=O)[O-])CC1. The van der Waals surface area contributed by atoms with Gasteiger partial charge in [0, 0.05) is 24.1 Å². The Morgan fingerprint density at radius 2 is 1.97 bits per heavy atom. The molecule has 0 radical (unpaired) electrons. The molecule has 34 heavy (non-hydrogen) atoms. The van der Waals surface area contributed by atoms with Crippen molar-refractivity contribution in [1.82, 2.24) is 5.32 Å². The number of carbonyl (C=O) groups is 1. The van der Waals surface area contributed by atoms with E-state index in [0.717, 1.165) is 0 Å². The highest BCUT2D eigenvalue weighted by atomic mass is 35.5. The first kappa shape index (κ1) is 24.1. The van der Waals surface area contributed by atoms with Gasteiger partial charge in [-0.3, -0.25) is 10.1 Å². The highest BCUT2D eigenvalue weighted by Crippen LogP contribution is 2.39. The van der Waals surface area contributed by atoms with Gasteiger partial charge >= 0.3 is 6.09 Å².